The lowest BCUT2D eigenvalue weighted by Crippen LogP contribution is -2.41. The van der Waals surface area contributed by atoms with E-state index >= 15 is 0 Å². The molecule has 0 unspecified atom stereocenters. The molecule has 2 N–H and O–H groups in total. The number of aromatic nitrogens is 3. The van der Waals surface area contributed by atoms with Gasteiger partial charge in [-0.2, -0.15) is 0 Å². The third-order valence-corrected chi connectivity index (χ3v) is 5.87. The van der Waals surface area contributed by atoms with Crippen molar-refractivity contribution in [3.05, 3.63) is 64.9 Å². The van der Waals surface area contributed by atoms with E-state index in [4.69, 9.17) is 16.3 Å². The molecule has 1 amide bonds. The highest BCUT2D eigenvalue weighted by atomic mass is 35.5. The van der Waals surface area contributed by atoms with Gasteiger partial charge in [-0.05, 0) is 42.8 Å². The van der Waals surface area contributed by atoms with Crippen molar-refractivity contribution >= 4 is 35.0 Å². The zero-order valence-corrected chi connectivity index (χ0v) is 16.8. The minimum Gasteiger partial charge on any atom is -0.497 e. The van der Waals surface area contributed by atoms with Crippen LogP contribution >= 0.6 is 23.4 Å². The van der Waals surface area contributed by atoms with Crippen LogP contribution in [0.25, 0.3) is 0 Å². The first kappa shape index (κ1) is 18.6. The molecule has 1 aromatic heterocycles. The number of nitrogens with one attached hydrogen (secondary N) is 2. The molecule has 3 aromatic rings. The van der Waals surface area contributed by atoms with E-state index in [1.807, 2.05) is 35.9 Å². The SMILES string of the molecule is COc1ccc([C@@H]2Nn3c(C)nnc3S[C@@H]2C(=O)Nc2cccc(Cl)c2)cc1. The molecule has 4 rings (SSSR count). The molecule has 2 atom stereocenters. The maximum Gasteiger partial charge on any atom is 0.240 e. The number of nitrogens with zero attached hydrogens (tertiary/aromatic N) is 3. The molecule has 0 saturated carbocycles. The Morgan fingerprint density at radius 1 is 1.25 bits per heavy atom. The van der Waals surface area contributed by atoms with Gasteiger partial charge in [-0.15, -0.1) is 10.2 Å². The van der Waals surface area contributed by atoms with Crippen LogP contribution in [0.3, 0.4) is 0 Å². The van der Waals surface area contributed by atoms with Crippen molar-refractivity contribution in [1.82, 2.24) is 14.9 Å². The zero-order valence-electron chi connectivity index (χ0n) is 15.2. The third-order valence-electron chi connectivity index (χ3n) is 4.42. The lowest BCUT2D eigenvalue weighted by molar-refractivity contribution is -0.116. The number of fused-ring (bicyclic) bond motifs is 1. The summed E-state index contributed by atoms with van der Waals surface area (Å²) >= 11 is 7.41. The summed E-state index contributed by atoms with van der Waals surface area (Å²) in [6.45, 7) is 1.86. The van der Waals surface area contributed by atoms with Gasteiger partial charge in [0.1, 0.15) is 16.8 Å². The molecule has 7 nitrogen and oxygen atoms in total. The number of thioether (sulfide) groups is 1. The molecule has 28 heavy (non-hydrogen) atoms. The number of benzene rings is 2. The molecule has 0 aliphatic carbocycles. The van der Waals surface area contributed by atoms with Crippen LogP contribution in [0.15, 0.2) is 53.7 Å². The molecule has 0 bridgehead atoms. The Morgan fingerprint density at radius 3 is 2.75 bits per heavy atom. The molecule has 0 fully saturated rings. The zero-order chi connectivity index (χ0) is 19.7. The van der Waals surface area contributed by atoms with Crippen LogP contribution in [0, 0.1) is 6.92 Å². The highest BCUT2D eigenvalue weighted by Crippen LogP contribution is 2.38. The monoisotopic (exact) mass is 415 g/mol. The van der Waals surface area contributed by atoms with Gasteiger partial charge in [-0.3, -0.25) is 4.79 Å². The van der Waals surface area contributed by atoms with Crippen molar-refractivity contribution in [1.29, 1.82) is 0 Å². The van der Waals surface area contributed by atoms with Crippen LogP contribution in [0.5, 0.6) is 5.75 Å². The van der Waals surface area contributed by atoms with Crippen molar-refractivity contribution in [2.45, 2.75) is 23.4 Å². The molecule has 1 aliphatic rings. The fourth-order valence-corrected chi connectivity index (χ4v) is 4.32. The van der Waals surface area contributed by atoms with E-state index in [-0.39, 0.29) is 11.9 Å². The van der Waals surface area contributed by atoms with Crippen LogP contribution in [0.1, 0.15) is 17.4 Å². The number of halogens is 1. The lowest BCUT2D eigenvalue weighted by atomic mass is 10.0. The number of hydrogen-bond acceptors (Lipinski definition) is 6. The summed E-state index contributed by atoms with van der Waals surface area (Å²) in [5.41, 5.74) is 4.98. The van der Waals surface area contributed by atoms with E-state index in [2.05, 4.69) is 20.9 Å². The van der Waals surface area contributed by atoms with Gasteiger partial charge in [0.25, 0.3) is 0 Å². The maximum atomic E-state index is 13.1. The predicted octanol–water partition coefficient (Wildman–Crippen LogP) is 3.65. The molecule has 0 radical (unpaired) electrons. The van der Waals surface area contributed by atoms with Crippen molar-refractivity contribution in [3.63, 3.8) is 0 Å². The van der Waals surface area contributed by atoms with E-state index < -0.39 is 5.25 Å². The fourth-order valence-electron chi connectivity index (χ4n) is 3.00. The van der Waals surface area contributed by atoms with Crippen molar-refractivity contribution in [2.75, 3.05) is 17.9 Å². The molecule has 2 heterocycles. The van der Waals surface area contributed by atoms with Crippen molar-refractivity contribution in [3.8, 4) is 5.75 Å². The van der Waals surface area contributed by atoms with Crippen LogP contribution in [0.4, 0.5) is 5.69 Å². The number of rotatable bonds is 4. The first-order chi connectivity index (χ1) is 13.5. The van der Waals surface area contributed by atoms with Crippen LogP contribution in [-0.4, -0.2) is 33.1 Å². The summed E-state index contributed by atoms with van der Waals surface area (Å²) in [6.07, 6.45) is 0. The van der Waals surface area contributed by atoms with Gasteiger partial charge in [-0.25, -0.2) is 4.68 Å². The normalized spacial score (nSPS) is 18.1. The topological polar surface area (TPSA) is 81.1 Å². The minimum absolute atomic E-state index is 0.146. The number of ether oxygens (including phenoxy) is 1. The third kappa shape index (κ3) is 3.65. The largest absolute Gasteiger partial charge is 0.497 e. The van der Waals surface area contributed by atoms with E-state index in [1.165, 1.54) is 11.8 Å². The Kier molecular flexibility index (Phi) is 5.15. The number of aryl methyl sites for hydroxylation is 1. The summed E-state index contributed by atoms with van der Waals surface area (Å²) in [4.78, 5) is 13.1. The Bertz CT molecular complexity index is 1010. The summed E-state index contributed by atoms with van der Waals surface area (Å²) in [6, 6.07) is 14.4. The molecule has 144 valence electrons. The van der Waals surface area contributed by atoms with Gasteiger partial charge in [0.2, 0.25) is 11.1 Å². The summed E-state index contributed by atoms with van der Waals surface area (Å²) in [5, 5.41) is 12.0. The van der Waals surface area contributed by atoms with Gasteiger partial charge >= 0.3 is 0 Å². The molecular formula is C19H18ClN5O2S. The molecule has 0 spiro atoms. The van der Waals surface area contributed by atoms with Gasteiger partial charge in [0.15, 0.2) is 0 Å². The van der Waals surface area contributed by atoms with Crippen molar-refractivity contribution < 1.29 is 9.53 Å². The number of hydrogen-bond donors (Lipinski definition) is 2. The highest BCUT2D eigenvalue weighted by molar-refractivity contribution is 8.00. The number of amides is 1. The quantitative estimate of drug-likeness (QED) is 0.677. The first-order valence-corrected chi connectivity index (χ1v) is 9.86. The Balaban J connectivity index is 1.65. The second-order valence-corrected chi connectivity index (χ2v) is 7.83. The van der Waals surface area contributed by atoms with E-state index in [0.29, 0.717) is 15.9 Å². The number of methoxy groups -OCH3 is 1. The number of anilines is 1. The van der Waals surface area contributed by atoms with Gasteiger partial charge < -0.3 is 15.5 Å². The maximum absolute atomic E-state index is 13.1. The Labute approximate surface area is 171 Å². The molecule has 1 aliphatic heterocycles. The van der Waals surface area contributed by atoms with Crippen LogP contribution in [-0.2, 0) is 4.79 Å². The molecule has 9 heteroatoms. The average molecular weight is 416 g/mol. The van der Waals surface area contributed by atoms with E-state index in [9.17, 15) is 4.79 Å². The number of carbonyl (C=O) groups is 1. The predicted molar refractivity (Wildman–Crippen MR) is 110 cm³/mol. The van der Waals surface area contributed by atoms with Crippen LogP contribution < -0.4 is 15.5 Å². The van der Waals surface area contributed by atoms with Crippen molar-refractivity contribution in [2.24, 2.45) is 0 Å². The highest BCUT2D eigenvalue weighted by Gasteiger charge is 2.37. The second-order valence-electron chi connectivity index (χ2n) is 6.28. The Morgan fingerprint density at radius 2 is 2.04 bits per heavy atom. The fraction of sp³-hybridized carbons (Fsp3) is 0.211. The minimum atomic E-state index is -0.455. The van der Waals surface area contributed by atoms with Crippen LogP contribution in [0.2, 0.25) is 5.02 Å². The smallest absolute Gasteiger partial charge is 0.240 e. The van der Waals surface area contributed by atoms with Gasteiger partial charge in [-0.1, -0.05) is 41.6 Å². The number of carbonyl (C=O) groups excluding carboxylic acids is 1. The summed E-state index contributed by atoms with van der Waals surface area (Å²) in [7, 11) is 1.62. The lowest BCUT2D eigenvalue weighted by Gasteiger charge is -2.32. The average Bonchev–Trinajstić information content (AvgIpc) is 3.07. The standard InChI is InChI=1S/C19H18ClN5O2S/c1-11-22-23-19-25(11)24-16(12-6-8-15(27-2)9-7-12)17(28-19)18(26)21-14-5-3-4-13(20)10-14/h3-10,16-17,24H,1-2H3,(H,21,26)/t16-,17-/m0/s1. The summed E-state index contributed by atoms with van der Waals surface area (Å²) < 4.78 is 7.05. The molecule has 0 saturated heterocycles. The second kappa shape index (κ2) is 7.73. The molecule has 2 aromatic carbocycles. The molecular weight excluding hydrogens is 398 g/mol. The van der Waals surface area contributed by atoms with Gasteiger partial charge in [0, 0.05) is 10.7 Å². The van der Waals surface area contributed by atoms with Gasteiger partial charge in [0.05, 0.1) is 13.2 Å². The summed E-state index contributed by atoms with van der Waals surface area (Å²) in [5.74, 6) is 1.34. The van der Waals surface area contributed by atoms with E-state index in [0.717, 1.165) is 17.1 Å². The Hall–Kier alpha value is -2.71. The van der Waals surface area contributed by atoms with E-state index in [1.54, 1.807) is 31.4 Å². The first-order valence-electron chi connectivity index (χ1n) is 8.61.